The summed E-state index contributed by atoms with van der Waals surface area (Å²) in [5, 5.41) is 0. The quantitative estimate of drug-likeness (QED) is 0.210. The van der Waals surface area contributed by atoms with E-state index in [4.69, 9.17) is 17.2 Å². The van der Waals surface area contributed by atoms with Gasteiger partial charge >= 0.3 is 0 Å². The minimum Gasteiger partial charge on any atom is -0.368 e. The number of aromatic nitrogens is 2. The van der Waals surface area contributed by atoms with Gasteiger partial charge in [0.15, 0.2) is 0 Å². The molecule has 0 atom stereocenters. The minimum absolute atomic E-state index is 0.151. The molecule has 2 fully saturated rings. The lowest BCUT2D eigenvalue weighted by Crippen LogP contribution is -2.47. The second-order valence-electron chi connectivity index (χ2n) is 9.93. The molecule has 5 rings (SSSR count). The van der Waals surface area contributed by atoms with Gasteiger partial charge in [-0.15, -0.1) is 0 Å². The van der Waals surface area contributed by atoms with Crippen molar-refractivity contribution in [1.82, 2.24) is 14.3 Å². The summed E-state index contributed by atoms with van der Waals surface area (Å²) in [6.07, 6.45) is 7.65. The van der Waals surface area contributed by atoms with Gasteiger partial charge in [-0.05, 0) is 55.3 Å². The summed E-state index contributed by atoms with van der Waals surface area (Å²) in [5.74, 6) is 0.155. The molecular formula is C29H32FN5O2S2. The molecule has 1 amide bonds. The maximum Gasteiger partial charge on any atom is 0.267 e. The molecule has 0 spiro atoms. The lowest BCUT2D eigenvalue weighted by atomic mass is 10.2. The first kappa shape index (κ1) is 27.3. The summed E-state index contributed by atoms with van der Waals surface area (Å²) in [6.45, 7) is 7.32. The van der Waals surface area contributed by atoms with Gasteiger partial charge in [0.2, 0.25) is 0 Å². The number of aryl methyl sites for hydroxylation is 1. The summed E-state index contributed by atoms with van der Waals surface area (Å²) in [4.78, 5) is 38.4. The third kappa shape index (κ3) is 5.86. The topological polar surface area (TPSA) is 61.2 Å². The number of hydrogen-bond donors (Lipinski definition) is 0. The molecule has 0 radical (unpaired) electrons. The van der Waals surface area contributed by atoms with Crippen LogP contribution in [0.3, 0.4) is 0 Å². The lowest BCUT2D eigenvalue weighted by Gasteiger charge is -2.37. The first-order valence-electron chi connectivity index (χ1n) is 13.4. The van der Waals surface area contributed by atoms with Crippen molar-refractivity contribution in [2.45, 2.75) is 39.5 Å². The fraction of sp³-hybridized carbons (Fsp3) is 0.379. The summed E-state index contributed by atoms with van der Waals surface area (Å²) >= 11 is 6.78. The number of amides is 1. The van der Waals surface area contributed by atoms with Crippen LogP contribution in [0.5, 0.6) is 0 Å². The Kier molecular flexibility index (Phi) is 8.32. The molecule has 2 saturated heterocycles. The van der Waals surface area contributed by atoms with Gasteiger partial charge in [0.1, 0.15) is 21.6 Å². The highest BCUT2D eigenvalue weighted by Crippen LogP contribution is 2.34. The predicted octanol–water partition coefficient (Wildman–Crippen LogP) is 5.25. The number of halogens is 1. The van der Waals surface area contributed by atoms with Crippen molar-refractivity contribution in [3.05, 3.63) is 74.8 Å². The second-order valence-corrected chi connectivity index (χ2v) is 11.6. The van der Waals surface area contributed by atoms with Crippen LogP contribution in [0.4, 0.5) is 15.9 Å². The molecule has 0 saturated carbocycles. The third-order valence-electron chi connectivity index (χ3n) is 7.14. The van der Waals surface area contributed by atoms with E-state index >= 15 is 0 Å². The van der Waals surface area contributed by atoms with Crippen molar-refractivity contribution < 1.29 is 9.18 Å². The summed E-state index contributed by atoms with van der Waals surface area (Å²) < 4.78 is 15.5. The van der Waals surface area contributed by atoms with E-state index in [0.717, 1.165) is 36.9 Å². The van der Waals surface area contributed by atoms with E-state index in [-0.39, 0.29) is 17.3 Å². The van der Waals surface area contributed by atoms with E-state index in [1.165, 1.54) is 23.9 Å². The van der Waals surface area contributed by atoms with E-state index in [1.807, 2.05) is 19.1 Å². The van der Waals surface area contributed by atoms with E-state index in [1.54, 1.807) is 33.7 Å². The number of anilines is 2. The number of rotatable bonds is 8. The van der Waals surface area contributed by atoms with E-state index in [0.29, 0.717) is 59.0 Å². The number of fused-ring (bicyclic) bond motifs is 1. The van der Waals surface area contributed by atoms with Crippen LogP contribution in [0, 0.1) is 12.7 Å². The van der Waals surface area contributed by atoms with Gasteiger partial charge in [-0.3, -0.25) is 18.9 Å². The van der Waals surface area contributed by atoms with Crippen LogP contribution in [-0.2, 0) is 4.79 Å². The predicted molar refractivity (Wildman–Crippen MR) is 161 cm³/mol. The summed E-state index contributed by atoms with van der Waals surface area (Å²) in [6, 6.07) is 10.3. The number of thiocarbonyl (C=S) groups is 1. The van der Waals surface area contributed by atoms with E-state index in [9.17, 15) is 14.0 Å². The molecule has 7 nitrogen and oxygen atoms in total. The molecule has 1 aromatic carbocycles. The zero-order valence-corrected chi connectivity index (χ0v) is 23.9. The van der Waals surface area contributed by atoms with Crippen molar-refractivity contribution in [1.29, 1.82) is 0 Å². The highest BCUT2D eigenvalue weighted by Gasteiger charge is 2.33. The molecule has 4 heterocycles. The average molecular weight is 566 g/mol. The number of carbonyl (C=O) groups excluding carboxylic acids is 1. The second kappa shape index (κ2) is 11.9. The molecule has 2 aromatic heterocycles. The third-order valence-corrected chi connectivity index (χ3v) is 8.52. The molecule has 0 aliphatic carbocycles. The number of piperazine rings is 1. The van der Waals surface area contributed by atoms with Crippen molar-refractivity contribution in [3.63, 3.8) is 0 Å². The number of pyridine rings is 1. The SMILES string of the molecule is CCCCCCN1C(=O)C(=Cc2c(N3CCN(c4ccc(F)cc4)CC3)nc3ccc(C)cn3c2=O)SC1=S. The standard InChI is InChI=1S/C29H32FN5O2S2/c1-3-4-5-6-13-34-28(37)24(39-29(34)38)18-23-26(31-25-12-7-20(2)19-35(25)27(23)36)33-16-14-32(15-17-33)22-10-8-21(30)9-11-22/h7-12,18-19H,3-6,13-17H2,1-2H3. The van der Waals surface area contributed by atoms with Crippen molar-refractivity contribution in [2.75, 3.05) is 42.5 Å². The van der Waals surface area contributed by atoms with Gasteiger partial charge in [0.05, 0.1) is 10.5 Å². The van der Waals surface area contributed by atoms with Gasteiger partial charge in [0.25, 0.3) is 11.5 Å². The van der Waals surface area contributed by atoms with Crippen LogP contribution in [0.25, 0.3) is 11.7 Å². The zero-order chi connectivity index (χ0) is 27.5. The maximum atomic E-state index is 13.8. The largest absolute Gasteiger partial charge is 0.368 e. The Morgan fingerprint density at radius 1 is 1.00 bits per heavy atom. The molecule has 0 unspecified atom stereocenters. The van der Waals surface area contributed by atoms with Crippen molar-refractivity contribution >= 4 is 57.4 Å². The van der Waals surface area contributed by atoms with Gasteiger partial charge in [-0.2, -0.15) is 0 Å². The first-order valence-corrected chi connectivity index (χ1v) is 14.6. The molecule has 10 heteroatoms. The number of carbonyl (C=O) groups is 1. The van der Waals surface area contributed by atoms with Crippen LogP contribution in [0.1, 0.15) is 43.7 Å². The Morgan fingerprint density at radius 3 is 2.44 bits per heavy atom. The Balaban J connectivity index is 1.46. The molecule has 0 N–H and O–H groups in total. The van der Waals surface area contributed by atoms with Crippen LogP contribution in [-0.4, -0.2) is 57.2 Å². The number of nitrogens with zero attached hydrogens (tertiary/aromatic N) is 5. The molecule has 2 aliphatic rings. The van der Waals surface area contributed by atoms with Crippen LogP contribution < -0.4 is 15.4 Å². The first-order chi connectivity index (χ1) is 18.9. The van der Waals surface area contributed by atoms with Crippen LogP contribution in [0.15, 0.2) is 52.3 Å². The Bertz CT molecular complexity index is 1480. The number of benzene rings is 1. The Labute approximate surface area is 237 Å². The maximum absolute atomic E-state index is 13.8. The van der Waals surface area contributed by atoms with Crippen LogP contribution in [0.2, 0.25) is 0 Å². The Hall–Kier alpha value is -3.24. The average Bonchev–Trinajstić information content (AvgIpc) is 3.20. The molecule has 204 valence electrons. The molecule has 0 bridgehead atoms. The van der Waals surface area contributed by atoms with Crippen molar-refractivity contribution in [2.24, 2.45) is 0 Å². The minimum atomic E-state index is -0.260. The normalized spacial score (nSPS) is 17.2. The summed E-state index contributed by atoms with van der Waals surface area (Å²) in [7, 11) is 0. The highest BCUT2D eigenvalue weighted by atomic mass is 32.2. The molecule has 39 heavy (non-hydrogen) atoms. The smallest absolute Gasteiger partial charge is 0.267 e. The van der Waals surface area contributed by atoms with Gasteiger partial charge in [0, 0.05) is 44.6 Å². The van der Waals surface area contributed by atoms with E-state index in [2.05, 4.69) is 16.7 Å². The fourth-order valence-corrected chi connectivity index (χ4v) is 6.25. The van der Waals surface area contributed by atoms with Crippen LogP contribution >= 0.6 is 24.0 Å². The molecule has 2 aliphatic heterocycles. The highest BCUT2D eigenvalue weighted by molar-refractivity contribution is 8.26. The number of unbranched alkanes of at least 4 members (excludes halogenated alkanes) is 3. The Morgan fingerprint density at radius 2 is 1.72 bits per heavy atom. The zero-order valence-electron chi connectivity index (χ0n) is 22.2. The van der Waals surface area contributed by atoms with Crippen molar-refractivity contribution in [3.8, 4) is 0 Å². The molecule has 3 aromatic rings. The monoisotopic (exact) mass is 565 g/mol. The lowest BCUT2D eigenvalue weighted by molar-refractivity contribution is -0.122. The number of hydrogen-bond acceptors (Lipinski definition) is 7. The molecular weight excluding hydrogens is 533 g/mol. The van der Waals surface area contributed by atoms with Gasteiger partial charge < -0.3 is 9.80 Å². The van der Waals surface area contributed by atoms with Gasteiger partial charge in [-0.1, -0.05) is 56.2 Å². The fourth-order valence-electron chi connectivity index (χ4n) is 4.96. The number of thioether (sulfide) groups is 1. The van der Waals surface area contributed by atoms with E-state index < -0.39 is 0 Å². The van der Waals surface area contributed by atoms with Gasteiger partial charge in [-0.25, -0.2) is 9.37 Å². The summed E-state index contributed by atoms with van der Waals surface area (Å²) in [5.41, 5.74) is 2.63.